The zero-order valence-electron chi connectivity index (χ0n) is 17.2. The van der Waals surface area contributed by atoms with Crippen LogP contribution in [0.1, 0.15) is 42.6 Å². The first kappa shape index (κ1) is 21.4. The van der Waals surface area contributed by atoms with Gasteiger partial charge in [0.05, 0.1) is 5.60 Å². The molecule has 156 valence electrons. The SMILES string of the molecule is CC1C(c2ccc(Cl)cc2)NC(c2ccc(Cl)cc2)C(C)C1(O)Cc1ccccc1. The molecule has 4 unspecified atom stereocenters. The highest BCUT2D eigenvalue weighted by atomic mass is 35.5. The highest BCUT2D eigenvalue weighted by Gasteiger charge is 2.51. The first-order chi connectivity index (χ1) is 14.4. The van der Waals surface area contributed by atoms with E-state index in [2.05, 4.69) is 31.3 Å². The molecule has 1 fully saturated rings. The Morgan fingerprint density at radius 1 is 0.733 bits per heavy atom. The van der Waals surface area contributed by atoms with Crippen LogP contribution in [0.5, 0.6) is 0 Å². The lowest BCUT2D eigenvalue weighted by Crippen LogP contribution is -2.58. The monoisotopic (exact) mass is 439 g/mol. The Hall–Kier alpha value is -1.84. The van der Waals surface area contributed by atoms with E-state index in [1.807, 2.05) is 66.7 Å². The van der Waals surface area contributed by atoms with Crippen molar-refractivity contribution in [2.24, 2.45) is 11.8 Å². The molecule has 0 bridgehead atoms. The van der Waals surface area contributed by atoms with Crippen LogP contribution in [0.3, 0.4) is 0 Å². The lowest BCUT2D eigenvalue weighted by Gasteiger charge is -2.52. The van der Waals surface area contributed by atoms with E-state index >= 15 is 0 Å². The van der Waals surface area contributed by atoms with E-state index in [0.717, 1.165) is 16.7 Å². The van der Waals surface area contributed by atoms with Crippen molar-refractivity contribution in [3.63, 3.8) is 0 Å². The van der Waals surface area contributed by atoms with E-state index in [-0.39, 0.29) is 23.9 Å². The molecule has 4 rings (SSSR count). The fourth-order valence-corrected chi connectivity index (χ4v) is 5.08. The summed E-state index contributed by atoms with van der Waals surface area (Å²) in [5.74, 6) is -0.00476. The fraction of sp³-hybridized carbons (Fsp3) is 0.308. The van der Waals surface area contributed by atoms with Gasteiger partial charge >= 0.3 is 0 Å². The van der Waals surface area contributed by atoms with Crippen molar-refractivity contribution in [2.45, 2.75) is 38.0 Å². The summed E-state index contributed by atoms with van der Waals surface area (Å²) >= 11 is 12.3. The minimum Gasteiger partial charge on any atom is -0.389 e. The van der Waals surface area contributed by atoms with Gasteiger partial charge in [-0.25, -0.2) is 0 Å². The molecule has 30 heavy (non-hydrogen) atoms. The molecule has 0 aliphatic carbocycles. The highest BCUT2D eigenvalue weighted by Crippen LogP contribution is 2.48. The van der Waals surface area contributed by atoms with E-state index in [9.17, 15) is 5.11 Å². The van der Waals surface area contributed by atoms with Gasteiger partial charge in [-0.2, -0.15) is 0 Å². The summed E-state index contributed by atoms with van der Waals surface area (Å²) in [6, 6.07) is 26.1. The number of halogens is 2. The Bertz CT molecular complexity index is 915. The zero-order valence-corrected chi connectivity index (χ0v) is 18.7. The molecule has 2 N–H and O–H groups in total. The number of benzene rings is 3. The third-order valence-corrected chi connectivity index (χ3v) is 7.23. The molecule has 0 radical (unpaired) electrons. The summed E-state index contributed by atoms with van der Waals surface area (Å²) in [7, 11) is 0. The van der Waals surface area contributed by atoms with Gasteiger partial charge in [0, 0.05) is 40.4 Å². The smallest absolute Gasteiger partial charge is 0.0774 e. The molecule has 4 atom stereocenters. The van der Waals surface area contributed by atoms with Gasteiger partial charge in [-0.3, -0.25) is 0 Å². The molecule has 3 aromatic carbocycles. The molecule has 3 aromatic rings. The van der Waals surface area contributed by atoms with Gasteiger partial charge in [0.1, 0.15) is 0 Å². The molecule has 0 aromatic heterocycles. The van der Waals surface area contributed by atoms with E-state index in [0.29, 0.717) is 16.5 Å². The van der Waals surface area contributed by atoms with Crippen LogP contribution in [0.4, 0.5) is 0 Å². The second-order valence-electron chi connectivity index (χ2n) is 8.46. The lowest BCUT2D eigenvalue weighted by atomic mass is 9.64. The first-order valence-electron chi connectivity index (χ1n) is 10.4. The summed E-state index contributed by atoms with van der Waals surface area (Å²) in [6.07, 6.45) is 0.603. The molecule has 0 saturated carbocycles. The van der Waals surface area contributed by atoms with Gasteiger partial charge in [-0.05, 0) is 41.0 Å². The molecule has 1 aliphatic heterocycles. The van der Waals surface area contributed by atoms with Crippen molar-refractivity contribution in [1.29, 1.82) is 0 Å². The molecule has 1 heterocycles. The minimum atomic E-state index is -0.888. The van der Waals surface area contributed by atoms with Crippen LogP contribution in [-0.4, -0.2) is 10.7 Å². The van der Waals surface area contributed by atoms with Crippen LogP contribution < -0.4 is 5.32 Å². The molecule has 2 nitrogen and oxygen atoms in total. The molecule has 1 saturated heterocycles. The Morgan fingerprint density at radius 3 is 1.60 bits per heavy atom. The van der Waals surface area contributed by atoms with Crippen molar-refractivity contribution in [3.8, 4) is 0 Å². The molecule has 0 amide bonds. The van der Waals surface area contributed by atoms with Crippen molar-refractivity contribution >= 4 is 23.2 Å². The molecular weight excluding hydrogens is 413 g/mol. The maximum atomic E-state index is 12.1. The van der Waals surface area contributed by atoms with Gasteiger partial charge in [0.2, 0.25) is 0 Å². The standard InChI is InChI=1S/C26H27Cl2NO/c1-17-24(20-8-12-22(27)13-9-20)29-25(21-10-14-23(28)15-11-21)18(2)26(17,30)16-19-6-4-3-5-7-19/h3-15,17-18,24-25,29-30H,16H2,1-2H3. The zero-order chi connectivity index (χ0) is 21.3. The number of hydrogen-bond acceptors (Lipinski definition) is 2. The second kappa shape index (κ2) is 8.72. The van der Waals surface area contributed by atoms with Crippen LogP contribution in [0.25, 0.3) is 0 Å². The number of rotatable bonds is 4. The van der Waals surface area contributed by atoms with Gasteiger partial charge < -0.3 is 10.4 Å². The minimum absolute atomic E-state index is 0.00238. The topological polar surface area (TPSA) is 32.3 Å². The van der Waals surface area contributed by atoms with Gasteiger partial charge in [0.25, 0.3) is 0 Å². The van der Waals surface area contributed by atoms with E-state index in [1.165, 1.54) is 0 Å². The maximum Gasteiger partial charge on any atom is 0.0774 e. The van der Waals surface area contributed by atoms with Crippen molar-refractivity contribution in [2.75, 3.05) is 0 Å². The molecule has 4 heteroatoms. The summed E-state index contributed by atoms with van der Waals surface area (Å²) in [6.45, 7) is 4.29. The van der Waals surface area contributed by atoms with Crippen LogP contribution in [0, 0.1) is 11.8 Å². The molecular formula is C26H27Cl2NO. The predicted molar refractivity (Wildman–Crippen MR) is 125 cm³/mol. The Kier molecular flexibility index (Phi) is 6.22. The normalized spacial score (nSPS) is 29.0. The Labute approximate surface area is 188 Å². The quantitative estimate of drug-likeness (QED) is 0.478. The van der Waals surface area contributed by atoms with Crippen LogP contribution in [0.15, 0.2) is 78.9 Å². The first-order valence-corrected chi connectivity index (χ1v) is 11.2. The largest absolute Gasteiger partial charge is 0.389 e. The Balaban J connectivity index is 1.76. The van der Waals surface area contributed by atoms with Gasteiger partial charge in [-0.1, -0.05) is 91.6 Å². The van der Waals surface area contributed by atoms with E-state index < -0.39 is 5.60 Å². The maximum absolute atomic E-state index is 12.1. The third kappa shape index (κ3) is 4.15. The van der Waals surface area contributed by atoms with Crippen molar-refractivity contribution < 1.29 is 5.11 Å². The van der Waals surface area contributed by atoms with E-state index in [4.69, 9.17) is 23.2 Å². The van der Waals surface area contributed by atoms with Gasteiger partial charge in [0.15, 0.2) is 0 Å². The highest BCUT2D eigenvalue weighted by molar-refractivity contribution is 6.30. The van der Waals surface area contributed by atoms with E-state index in [1.54, 1.807) is 0 Å². The summed E-state index contributed by atoms with van der Waals surface area (Å²) in [4.78, 5) is 0. The number of nitrogens with one attached hydrogen (secondary N) is 1. The number of aliphatic hydroxyl groups is 1. The number of hydrogen-bond donors (Lipinski definition) is 2. The van der Waals surface area contributed by atoms with Crippen molar-refractivity contribution in [3.05, 3.63) is 106 Å². The summed E-state index contributed by atoms with van der Waals surface area (Å²) < 4.78 is 0. The average molecular weight is 440 g/mol. The Morgan fingerprint density at radius 2 is 1.17 bits per heavy atom. The van der Waals surface area contributed by atoms with Gasteiger partial charge in [-0.15, -0.1) is 0 Å². The summed E-state index contributed by atoms with van der Waals surface area (Å²) in [5, 5.41) is 17.4. The van der Waals surface area contributed by atoms with Crippen LogP contribution >= 0.6 is 23.2 Å². The van der Waals surface area contributed by atoms with Crippen molar-refractivity contribution in [1.82, 2.24) is 5.32 Å². The summed E-state index contributed by atoms with van der Waals surface area (Å²) in [5.41, 5.74) is 2.51. The number of piperidine rings is 1. The van der Waals surface area contributed by atoms with Crippen LogP contribution in [0.2, 0.25) is 10.0 Å². The lowest BCUT2D eigenvalue weighted by molar-refractivity contribution is -0.110. The molecule has 1 aliphatic rings. The third-order valence-electron chi connectivity index (χ3n) is 6.72. The van der Waals surface area contributed by atoms with Crippen LogP contribution in [-0.2, 0) is 6.42 Å². The predicted octanol–water partition coefficient (Wildman–Crippen LogP) is 6.63. The average Bonchev–Trinajstić information content (AvgIpc) is 2.75. The second-order valence-corrected chi connectivity index (χ2v) is 9.33. The fourth-order valence-electron chi connectivity index (χ4n) is 4.83. The molecule has 0 spiro atoms.